The van der Waals surface area contributed by atoms with Gasteiger partial charge >= 0.3 is 0 Å². The Labute approximate surface area is 93.5 Å². The Kier molecular flexibility index (Phi) is 4.35. The van der Waals surface area contributed by atoms with E-state index in [0.717, 1.165) is 18.6 Å². The maximum Gasteiger partial charge on any atom is 0.166 e. The maximum atomic E-state index is 13.3. The summed E-state index contributed by atoms with van der Waals surface area (Å²) in [5.41, 5.74) is 5.32. The van der Waals surface area contributed by atoms with Crippen LogP contribution < -0.4 is 5.73 Å². The van der Waals surface area contributed by atoms with E-state index in [4.69, 9.17) is 5.73 Å². The van der Waals surface area contributed by atoms with E-state index in [-0.39, 0.29) is 5.56 Å². The van der Waals surface area contributed by atoms with Crippen molar-refractivity contribution in [1.29, 1.82) is 0 Å². The molecule has 1 rings (SSSR count). The lowest BCUT2D eigenvalue weighted by Crippen LogP contribution is -2.16. The first-order chi connectivity index (χ1) is 7.43. The molecule has 0 fully saturated rings. The Morgan fingerprint density at radius 3 is 2.19 bits per heavy atom. The average Bonchev–Trinajstić information content (AvgIpc) is 2.21. The van der Waals surface area contributed by atoms with Crippen molar-refractivity contribution in [2.45, 2.75) is 32.7 Å². The van der Waals surface area contributed by atoms with Crippen molar-refractivity contribution in [3.8, 4) is 0 Å². The molecule has 0 saturated heterocycles. The minimum atomic E-state index is -1.17. The van der Waals surface area contributed by atoms with E-state index < -0.39 is 23.5 Å². The number of hydrogen-bond donors (Lipinski definition) is 1. The van der Waals surface area contributed by atoms with Crippen LogP contribution in [0.2, 0.25) is 0 Å². The molecule has 0 heterocycles. The molecule has 0 aliphatic heterocycles. The highest BCUT2D eigenvalue weighted by Crippen LogP contribution is 2.25. The number of hydrogen-bond acceptors (Lipinski definition) is 1. The van der Waals surface area contributed by atoms with E-state index in [2.05, 4.69) is 0 Å². The molecule has 2 N–H and O–H groups in total. The SMILES string of the molecule is CC(C)CC[C@@H](N)c1c(F)ccc(F)c1F. The van der Waals surface area contributed by atoms with Gasteiger partial charge in [-0.15, -0.1) is 0 Å². The molecule has 1 aromatic rings. The second kappa shape index (κ2) is 5.34. The van der Waals surface area contributed by atoms with Crippen LogP contribution in [0, 0.1) is 23.4 Å². The lowest BCUT2D eigenvalue weighted by Gasteiger charge is -2.15. The third-order valence-electron chi connectivity index (χ3n) is 2.51. The van der Waals surface area contributed by atoms with Gasteiger partial charge in [0, 0.05) is 11.6 Å². The second-order valence-corrected chi connectivity index (χ2v) is 4.33. The zero-order chi connectivity index (χ0) is 12.3. The molecule has 0 saturated carbocycles. The zero-order valence-corrected chi connectivity index (χ0v) is 9.43. The summed E-state index contributed by atoms with van der Waals surface area (Å²) in [7, 11) is 0. The number of benzene rings is 1. The van der Waals surface area contributed by atoms with E-state index in [0.29, 0.717) is 12.3 Å². The second-order valence-electron chi connectivity index (χ2n) is 4.33. The highest BCUT2D eigenvalue weighted by Gasteiger charge is 2.19. The van der Waals surface area contributed by atoms with Crippen LogP contribution in [0.3, 0.4) is 0 Å². The molecule has 16 heavy (non-hydrogen) atoms. The standard InChI is InChI=1S/C12H16F3N/c1-7(2)3-6-10(16)11-8(13)4-5-9(14)12(11)15/h4-5,7,10H,3,6,16H2,1-2H3/t10-/m1/s1. The van der Waals surface area contributed by atoms with Crippen LogP contribution in [0.15, 0.2) is 12.1 Å². The first-order valence-electron chi connectivity index (χ1n) is 5.32. The van der Waals surface area contributed by atoms with Crippen molar-refractivity contribution in [3.05, 3.63) is 35.1 Å². The molecular formula is C12H16F3N. The topological polar surface area (TPSA) is 26.0 Å². The van der Waals surface area contributed by atoms with Crippen molar-refractivity contribution in [2.75, 3.05) is 0 Å². The summed E-state index contributed by atoms with van der Waals surface area (Å²) in [6.07, 6.45) is 1.19. The molecular weight excluding hydrogens is 215 g/mol. The lowest BCUT2D eigenvalue weighted by atomic mass is 9.97. The third kappa shape index (κ3) is 2.98. The monoisotopic (exact) mass is 231 g/mol. The van der Waals surface area contributed by atoms with E-state index in [9.17, 15) is 13.2 Å². The lowest BCUT2D eigenvalue weighted by molar-refractivity contribution is 0.440. The summed E-state index contributed by atoms with van der Waals surface area (Å²) in [6.45, 7) is 3.98. The van der Waals surface area contributed by atoms with Crippen LogP contribution in [0.5, 0.6) is 0 Å². The first-order valence-corrected chi connectivity index (χ1v) is 5.32. The molecule has 90 valence electrons. The van der Waals surface area contributed by atoms with Crippen molar-refractivity contribution < 1.29 is 13.2 Å². The fraction of sp³-hybridized carbons (Fsp3) is 0.500. The van der Waals surface area contributed by atoms with Crippen LogP contribution in [-0.4, -0.2) is 0 Å². The Morgan fingerprint density at radius 2 is 1.62 bits per heavy atom. The molecule has 1 nitrogen and oxygen atoms in total. The minimum absolute atomic E-state index is 0.347. The van der Waals surface area contributed by atoms with E-state index in [1.165, 1.54) is 0 Å². The van der Waals surface area contributed by atoms with Gasteiger partial charge in [-0.1, -0.05) is 13.8 Å². The van der Waals surface area contributed by atoms with Crippen LogP contribution in [0.25, 0.3) is 0 Å². The number of nitrogens with two attached hydrogens (primary N) is 1. The minimum Gasteiger partial charge on any atom is -0.324 e. The number of rotatable bonds is 4. The van der Waals surface area contributed by atoms with Gasteiger partial charge in [-0.05, 0) is 30.9 Å². The largest absolute Gasteiger partial charge is 0.324 e. The first kappa shape index (κ1) is 13.0. The zero-order valence-electron chi connectivity index (χ0n) is 9.43. The molecule has 0 radical (unpaired) electrons. The van der Waals surface area contributed by atoms with E-state index in [1.807, 2.05) is 13.8 Å². The van der Waals surface area contributed by atoms with Gasteiger partial charge in [0.05, 0.1) is 0 Å². The van der Waals surface area contributed by atoms with Crippen LogP contribution in [0.4, 0.5) is 13.2 Å². The van der Waals surface area contributed by atoms with E-state index >= 15 is 0 Å². The smallest absolute Gasteiger partial charge is 0.166 e. The summed E-state index contributed by atoms with van der Waals surface area (Å²) in [4.78, 5) is 0. The normalized spacial score (nSPS) is 13.2. The summed E-state index contributed by atoms with van der Waals surface area (Å²) in [5.74, 6) is -2.62. The Balaban J connectivity index is 2.90. The molecule has 0 spiro atoms. The van der Waals surface area contributed by atoms with Gasteiger partial charge < -0.3 is 5.73 Å². The molecule has 0 aromatic heterocycles. The van der Waals surface area contributed by atoms with Gasteiger partial charge in [0.15, 0.2) is 11.6 Å². The van der Waals surface area contributed by atoms with E-state index in [1.54, 1.807) is 0 Å². The van der Waals surface area contributed by atoms with Gasteiger partial charge in [0.2, 0.25) is 0 Å². The molecule has 0 amide bonds. The predicted molar refractivity (Wildman–Crippen MR) is 57.3 cm³/mol. The van der Waals surface area contributed by atoms with Gasteiger partial charge in [0.25, 0.3) is 0 Å². The predicted octanol–water partition coefficient (Wildman–Crippen LogP) is 3.54. The molecule has 0 aliphatic carbocycles. The van der Waals surface area contributed by atoms with Gasteiger partial charge in [0.1, 0.15) is 5.82 Å². The molecule has 0 aliphatic rings. The fourth-order valence-corrected chi connectivity index (χ4v) is 1.54. The summed E-state index contributed by atoms with van der Waals surface area (Å²) in [6, 6.07) is 0.880. The van der Waals surface area contributed by atoms with Crippen molar-refractivity contribution in [2.24, 2.45) is 11.7 Å². The van der Waals surface area contributed by atoms with Crippen LogP contribution >= 0.6 is 0 Å². The molecule has 0 unspecified atom stereocenters. The molecule has 4 heteroatoms. The van der Waals surface area contributed by atoms with Gasteiger partial charge in [-0.2, -0.15) is 0 Å². The van der Waals surface area contributed by atoms with Crippen molar-refractivity contribution >= 4 is 0 Å². The third-order valence-corrected chi connectivity index (χ3v) is 2.51. The van der Waals surface area contributed by atoms with Gasteiger partial charge in [-0.25, -0.2) is 13.2 Å². The molecule has 1 aromatic carbocycles. The maximum absolute atomic E-state index is 13.3. The Morgan fingerprint density at radius 1 is 1.06 bits per heavy atom. The number of halogens is 3. The van der Waals surface area contributed by atoms with Crippen LogP contribution in [-0.2, 0) is 0 Å². The molecule has 0 bridgehead atoms. The van der Waals surface area contributed by atoms with Gasteiger partial charge in [-0.3, -0.25) is 0 Å². The van der Waals surface area contributed by atoms with Crippen molar-refractivity contribution in [1.82, 2.24) is 0 Å². The molecule has 1 atom stereocenters. The highest BCUT2D eigenvalue weighted by atomic mass is 19.2. The summed E-state index contributed by atoms with van der Waals surface area (Å²) >= 11 is 0. The Bertz CT molecular complexity index is 364. The highest BCUT2D eigenvalue weighted by molar-refractivity contribution is 5.24. The van der Waals surface area contributed by atoms with Crippen LogP contribution in [0.1, 0.15) is 38.3 Å². The summed E-state index contributed by atoms with van der Waals surface area (Å²) < 4.78 is 39.6. The average molecular weight is 231 g/mol. The Hall–Kier alpha value is -1.03. The quantitative estimate of drug-likeness (QED) is 0.788. The fourth-order valence-electron chi connectivity index (χ4n) is 1.54. The van der Waals surface area contributed by atoms with Crippen molar-refractivity contribution in [3.63, 3.8) is 0 Å². The summed E-state index contributed by atoms with van der Waals surface area (Å²) in [5, 5.41) is 0.